The number of aromatic hydroxyl groups is 1. The summed E-state index contributed by atoms with van der Waals surface area (Å²) in [5, 5.41) is 10.1. The predicted molar refractivity (Wildman–Crippen MR) is 105 cm³/mol. The quantitative estimate of drug-likeness (QED) is 0.511. The number of hydrogen-bond acceptors (Lipinski definition) is 4. The molecule has 2 aromatic heterocycles. The number of aryl methyl sites for hydroxylation is 1. The summed E-state index contributed by atoms with van der Waals surface area (Å²) in [6.07, 6.45) is 2.42. The van der Waals surface area contributed by atoms with Crippen LogP contribution in [0.25, 0.3) is 11.0 Å². The Morgan fingerprint density at radius 2 is 1.86 bits per heavy atom. The minimum absolute atomic E-state index is 0.0277. The second-order valence-electron chi connectivity index (χ2n) is 6.66. The number of H-pyrrole nitrogens is 1. The van der Waals surface area contributed by atoms with Crippen molar-refractivity contribution in [1.82, 2.24) is 14.9 Å². The van der Waals surface area contributed by atoms with Crippen LogP contribution in [-0.2, 0) is 24.3 Å². The summed E-state index contributed by atoms with van der Waals surface area (Å²) in [4.78, 5) is 22.4. The standard InChI is InChI=1S/C22H21N3O3/c26-20-10-4-1-6-16(20)14-25(15-17-7-5-13-28-17)22(27)12-11-21-23-18-8-2-3-9-19(18)24-21/h1-10,13,26H,11-12,14-15H2,(H,23,24). The van der Waals surface area contributed by atoms with Crippen molar-refractivity contribution in [3.63, 3.8) is 0 Å². The molecule has 6 nitrogen and oxygen atoms in total. The first kappa shape index (κ1) is 17.9. The maximum atomic E-state index is 12.9. The SMILES string of the molecule is O=C(CCc1nc2ccccc2[nH]1)N(Cc1ccco1)Cc1ccccc1O. The fraction of sp³-hybridized carbons (Fsp3) is 0.182. The van der Waals surface area contributed by atoms with Gasteiger partial charge in [0.05, 0.1) is 23.8 Å². The summed E-state index contributed by atoms with van der Waals surface area (Å²) in [7, 11) is 0. The van der Waals surface area contributed by atoms with Crippen molar-refractivity contribution < 1.29 is 14.3 Å². The molecule has 2 N–H and O–H groups in total. The number of para-hydroxylation sites is 3. The third kappa shape index (κ3) is 4.06. The van der Waals surface area contributed by atoms with E-state index in [0.29, 0.717) is 37.3 Å². The Hall–Kier alpha value is -3.54. The number of furan rings is 1. The van der Waals surface area contributed by atoms with Gasteiger partial charge in [0.2, 0.25) is 5.91 Å². The molecule has 28 heavy (non-hydrogen) atoms. The fourth-order valence-electron chi connectivity index (χ4n) is 3.18. The lowest BCUT2D eigenvalue weighted by atomic mass is 10.1. The van der Waals surface area contributed by atoms with Gasteiger partial charge in [-0.3, -0.25) is 4.79 Å². The van der Waals surface area contributed by atoms with Gasteiger partial charge in [-0.15, -0.1) is 0 Å². The van der Waals surface area contributed by atoms with Crippen LogP contribution in [0.5, 0.6) is 5.75 Å². The van der Waals surface area contributed by atoms with Crippen LogP contribution in [0.15, 0.2) is 71.3 Å². The van der Waals surface area contributed by atoms with Crippen LogP contribution < -0.4 is 0 Å². The second-order valence-corrected chi connectivity index (χ2v) is 6.66. The van der Waals surface area contributed by atoms with Crippen LogP contribution in [0.1, 0.15) is 23.6 Å². The summed E-state index contributed by atoms with van der Waals surface area (Å²) in [5.74, 6) is 1.64. The van der Waals surface area contributed by atoms with E-state index in [1.807, 2.05) is 42.5 Å². The summed E-state index contributed by atoms with van der Waals surface area (Å²) >= 11 is 0. The number of phenols is 1. The number of aromatic amines is 1. The monoisotopic (exact) mass is 375 g/mol. The van der Waals surface area contributed by atoms with E-state index in [4.69, 9.17) is 4.42 Å². The number of rotatable bonds is 7. The van der Waals surface area contributed by atoms with E-state index in [9.17, 15) is 9.90 Å². The highest BCUT2D eigenvalue weighted by Crippen LogP contribution is 2.20. The van der Waals surface area contributed by atoms with E-state index in [-0.39, 0.29) is 11.7 Å². The number of aromatic nitrogens is 2. The molecule has 0 aliphatic heterocycles. The maximum Gasteiger partial charge on any atom is 0.223 e. The predicted octanol–water partition coefficient (Wildman–Crippen LogP) is 4.02. The molecule has 0 aliphatic carbocycles. The lowest BCUT2D eigenvalue weighted by Crippen LogP contribution is -2.30. The molecule has 0 spiro atoms. The number of amides is 1. The highest BCUT2D eigenvalue weighted by molar-refractivity contribution is 5.77. The molecule has 2 aromatic carbocycles. The Bertz CT molecular complexity index is 1040. The van der Waals surface area contributed by atoms with Crippen molar-refractivity contribution in [3.8, 4) is 5.75 Å². The third-order valence-corrected chi connectivity index (χ3v) is 4.65. The van der Waals surface area contributed by atoms with Gasteiger partial charge in [-0.1, -0.05) is 30.3 Å². The molecule has 0 saturated heterocycles. The molecular weight excluding hydrogens is 354 g/mol. The first-order chi connectivity index (χ1) is 13.7. The largest absolute Gasteiger partial charge is 0.508 e. The zero-order valence-corrected chi connectivity index (χ0v) is 15.3. The van der Waals surface area contributed by atoms with Crippen molar-refractivity contribution in [2.45, 2.75) is 25.9 Å². The van der Waals surface area contributed by atoms with Crippen LogP contribution in [0.4, 0.5) is 0 Å². The third-order valence-electron chi connectivity index (χ3n) is 4.65. The first-order valence-electron chi connectivity index (χ1n) is 9.20. The van der Waals surface area contributed by atoms with Crippen LogP contribution in [0, 0.1) is 0 Å². The van der Waals surface area contributed by atoms with Gasteiger partial charge >= 0.3 is 0 Å². The van der Waals surface area contributed by atoms with Crippen LogP contribution >= 0.6 is 0 Å². The van der Waals surface area contributed by atoms with E-state index >= 15 is 0 Å². The molecule has 6 heteroatoms. The van der Waals surface area contributed by atoms with Gasteiger partial charge in [0.25, 0.3) is 0 Å². The number of carbonyl (C=O) groups is 1. The Balaban J connectivity index is 1.48. The molecule has 0 aliphatic rings. The molecule has 4 aromatic rings. The Morgan fingerprint density at radius 1 is 1.04 bits per heavy atom. The van der Waals surface area contributed by atoms with Crippen LogP contribution in [-0.4, -0.2) is 25.9 Å². The average molecular weight is 375 g/mol. The van der Waals surface area contributed by atoms with Crippen molar-refractivity contribution in [3.05, 3.63) is 84.1 Å². The Labute approximate surface area is 162 Å². The van der Waals surface area contributed by atoms with Crippen LogP contribution in [0.2, 0.25) is 0 Å². The summed E-state index contributed by atoms with van der Waals surface area (Å²) < 4.78 is 5.41. The molecule has 0 bridgehead atoms. The maximum absolute atomic E-state index is 12.9. The molecule has 0 saturated carbocycles. The van der Waals surface area contributed by atoms with Crippen molar-refractivity contribution >= 4 is 16.9 Å². The van der Waals surface area contributed by atoms with E-state index < -0.39 is 0 Å². The topological polar surface area (TPSA) is 82.4 Å². The summed E-state index contributed by atoms with van der Waals surface area (Å²) in [6, 6.07) is 18.5. The van der Waals surface area contributed by atoms with E-state index in [2.05, 4.69) is 9.97 Å². The Morgan fingerprint density at radius 3 is 2.64 bits per heavy atom. The molecular formula is C22H21N3O3. The van der Waals surface area contributed by atoms with Crippen molar-refractivity contribution in [2.75, 3.05) is 0 Å². The minimum Gasteiger partial charge on any atom is -0.508 e. The number of nitrogens with zero attached hydrogens (tertiary/aromatic N) is 2. The highest BCUT2D eigenvalue weighted by Gasteiger charge is 2.18. The average Bonchev–Trinajstić information content (AvgIpc) is 3.36. The second kappa shape index (κ2) is 8.00. The van der Waals surface area contributed by atoms with E-state index in [1.165, 1.54) is 0 Å². The molecule has 0 radical (unpaired) electrons. The number of nitrogens with one attached hydrogen (secondary N) is 1. The van der Waals surface area contributed by atoms with Gasteiger partial charge < -0.3 is 19.4 Å². The fourth-order valence-corrected chi connectivity index (χ4v) is 3.18. The summed E-state index contributed by atoms with van der Waals surface area (Å²) in [6.45, 7) is 0.659. The minimum atomic E-state index is -0.0277. The van der Waals surface area contributed by atoms with Gasteiger partial charge in [0, 0.05) is 24.9 Å². The molecule has 4 rings (SSSR count). The lowest BCUT2D eigenvalue weighted by Gasteiger charge is -2.22. The summed E-state index contributed by atoms with van der Waals surface area (Å²) in [5.41, 5.74) is 2.56. The molecule has 0 unspecified atom stereocenters. The lowest BCUT2D eigenvalue weighted by molar-refractivity contribution is -0.132. The number of phenolic OH excluding ortho intramolecular Hbond substituents is 1. The van der Waals surface area contributed by atoms with E-state index in [0.717, 1.165) is 16.9 Å². The van der Waals surface area contributed by atoms with Gasteiger partial charge in [-0.05, 0) is 30.3 Å². The zero-order chi connectivity index (χ0) is 19.3. The molecule has 2 heterocycles. The highest BCUT2D eigenvalue weighted by atomic mass is 16.3. The van der Waals surface area contributed by atoms with Gasteiger partial charge in [-0.2, -0.15) is 0 Å². The van der Waals surface area contributed by atoms with Crippen molar-refractivity contribution in [1.29, 1.82) is 0 Å². The molecule has 0 fully saturated rings. The molecule has 0 atom stereocenters. The normalized spacial score (nSPS) is 11.0. The smallest absolute Gasteiger partial charge is 0.223 e. The van der Waals surface area contributed by atoms with Crippen molar-refractivity contribution in [2.24, 2.45) is 0 Å². The number of fused-ring (bicyclic) bond motifs is 1. The number of hydrogen-bond donors (Lipinski definition) is 2. The number of benzene rings is 2. The number of imidazole rings is 1. The van der Waals surface area contributed by atoms with Gasteiger partial charge in [0.15, 0.2) is 0 Å². The number of carbonyl (C=O) groups excluding carboxylic acids is 1. The van der Waals surface area contributed by atoms with Gasteiger partial charge in [0.1, 0.15) is 17.3 Å². The molecule has 142 valence electrons. The van der Waals surface area contributed by atoms with Crippen LogP contribution in [0.3, 0.4) is 0 Å². The molecule has 1 amide bonds. The van der Waals surface area contributed by atoms with E-state index in [1.54, 1.807) is 29.4 Å². The van der Waals surface area contributed by atoms with Gasteiger partial charge in [-0.25, -0.2) is 4.98 Å². The first-order valence-corrected chi connectivity index (χ1v) is 9.20. The zero-order valence-electron chi connectivity index (χ0n) is 15.3. The Kier molecular flexibility index (Phi) is 5.10.